The van der Waals surface area contributed by atoms with E-state index in [-0.39, 0.29) is 36.8 Å². The number of thiazole rings is 1. The van der Waals surface area contributed by atoms with Gasteiger partial charge in [0.05, 0.1) is 0 Å². The van der Waals surface area contributed by atoms with E-state index in [1.807, 2.05) is 40.9 Å². The minimum Gasteiger partial charge on any atom is -0.336 e. The first-order chi connectivity index (χ1) is 12.7. The zero-order valence-electron chi connectivity index (χ0n) is 15.1. The predicted molar refractivity (Wildman–Crippen MR) is 114 cm³/mol. The molecule has 4 rings (SSSR count). The molecule has 1 saturated heterocycles. The summed E-state index contributed by atoms with van der Waals surface area (Å²) in [5, 5.41) is 8.90. The molecule has 0 bridgehead atoms. The Balaban J connectivity index is 0.00000140. The number of hydrogen-bond donors (Lipinski definition) is 2. The van der Waals surface area contributed by atoms with E-state index in [0.29, 0.717) is 29.7 Å². The van der Waals surface area contributed by atoms with Gasteiger partial charge >= 0.3 is 0 Å². The Kier molecular flexibility index (Phi) is 7.76. The van der Waals surface area contributed by atoms with E-state index in [0.717, 1.165) is 12.4 Å². The molecule has 1 unspecified atom stereocenters. The van der Waals surface area contributed by atoms with Gasteiger partial charge in [-0.3, -0.25) is 4.79 Å². The highest BCUT2D eigenvalue weighted by Gasteiger charge is 2.32. The summed E-state index contributed by atoms with van der Waals surface area (Å²) in [5.74, 6) is 1.49. The Morgan fingerprint density at radius 1 is 1.29 bits per heavy atom. The minimum atomic E-state index is -0.106. The van der Waals surface area contributed by atoms with Crippen molar-refractivity contribution in [3.8, 4) is 0 Å². The van der Waals surface area contributed by atoms with E-state index >= 15 is 0 Å². The fraction of sp³-hybridized carbons (Fsp3) is 0.294. The third-order valence-electron chi connectivity index (χ3n) is 4.28. The van der Waals surface area contributed by atoms with Crippen LogP contribution in [0.15, 0.2) is 42.2 Å². The Hall–Kier alpha value is -2.20. The average molecular weight is 442 g/mol. The molecular formula is C17H21Cl2N7OS. The first-order valence-electron chi connectivity index (χ1n) is 8.35. The molecule has 11 heteroatoms. The fourth-order valence-electron chi connectivity index (χ4n) is 3.00. The van der Waals surface area contributed by atoms with Crippen molar-refractivity contribution in [2.24, 2.45) is 7.05 Å². The maximum atomic E-state index is 13.0. The van der Waals surface area contributed by atoms with Crippen LogP contribution in [0, 0.1) is 0 Å². The van der Waals surface area contributed by atoms with Gasteiger partial charge in [0.15, 0.2) is 5.13 Å². The number of pyridine rings is 1. The summed E-state index contributed by atoms with van der Waals surface area (Å²) >= 11 is 1.39. The molecule has 1 fully saturated rings. The Bertz CT molecular complexity index is 902. The van der Waals surface area contributed by atoms with Gasteiger partial charge in [-0.2, -0.15) is 0 Å². The predicted octanol–water partition coefficient (Wildman–Crippen LogP) is 2.65. The second kappa shape index (κ2) is 9.83. The molecule has 1 aliphatic rings. The molecule has 0 aromatic carbocycles. The molecule has 3 aromatic rings. The Labute approximate surface area is 179 Å². The van der Waals surface area contributed by atoms with E-state index < -0.39 is 0 Å². The highest BCUT2D eigenvalue weighted by Crippen LogP contribution is 2.25. The number of halogens is 2. The second-order valence-electron chi connectivity index (χ2n) is 5.99. The van der Waals surface area contributed by atoms with Gasteiger partial charge in [0.25, 0.3) is 5.91 Å². The van der Waals surface area contributed by atoms with Crippen LogP contribution >= 0.6 is 36.2 Å². The number of piperazine rings is 1. The zero-order chi connectivity index (χ0) is 17.9. The molecule has 8 nitrogen and oxygen atoms in total. The van der Waals surface area contributed by atoms with Gasteiger partial charge < -0.3 is 20.1 Å². The molecule has 2 N–H and O–H groups in total. The Morgan fingerprint density at radius 3 is 2.86 bits per heavy atom. The molecule has 1 atom stereocenters. The smallest absolute Gasteiger partial charge is 0.274 e. The van der Waals surface area contributed by atoms with Crippen LogP contribution in [0.1, 0.15) is 22.4 Å². The number of hydrogen-bond acceptors (Lipinski definition) is 7. The molecule has 0 radical (unpaired) electrons. The van der Waals surface area contributed by atoms with E-state index in [1.54, 1.807) is 17.8 Å². The molecule has 3 aromatic heterocycles. The van der Waals surface area contributed by atoms with Crippen molar-refractivity contribution in [3.63, 3.8) is 0 Å². The fourth-order valence-corrected chi connectivity index (χ4v) is 3.69. The second-order valence-corrected chi connectivity index (χ2v) is 6.85. The standard InChI is InChI=1S/C17H19N7OS.2ClH/c1-23-8-7-20-15(23)13-10-18-6-9-24(13)16(25)12-11-26-17(21-12)22-14-4-2-3-5-19-14;;/h2-5,7-8,11,13,18H,6,9-10H2,1H3,(H,19,21,22);2*1H. The third kappa shape index (κ3) is 4.61. The number of anilines is 2. The van der Waals surface area contributed by atoms with Gasteiger partial charge in [-0.25, -0.2) is 15.0 Å². The van der Waals surface area contributed by atoms with Gasteiger partial charge in [0.1, 0.15) is 23.4 Å². The van der Waals surface area contributed by atoms with Crippen LogP contribution in [-0.2, 0) is 7.05 Å². The molecule has 28 heavy (non-hydrogen) atoms. The van der Waals surface area contributed by atoms with Crippen LogP contribution in [0.5, 0.6) is 0 Å². The summed E-state index contributed by atoms with van der Waals surface area (Å²) in [7, 11) is 1.94. The largest absolute Gasteiger partial charge is 0.336 e. The van der Waals surface area contributed by atoms with Gasteiger partial charge in [0, 0.05) is 50.7 Å². The van der Waals surface area contributed by atoms with E-state index in [2.05, 4.69) is 25.6 Å². The van der Waals surface area contributed by atoms with Gasteiger partial charge in [0.2, 0.25) is 0 Å². The monoisotopic (exact) mass is 441 g/mol. The number of imidazole rings is 1. The third-order valence-corrected chi connectivity index (χ3v) is 5.04. The molecular weight excluding hydrogens is 421 g/mol. The first-order valence-corrected chi connectivity index (χ1v) is 9.23. The van der Waals surface area contributed by atoms with Crippen LogP contribution in [0.4, 0.5) is 10.9 Å². The number of carbonyl (C=O) groups is 1. The lowest BCUT2D eigenvalue weighted by atomic mass is 10.1. The van der Waals surface area contributed by atoms with Crippen molar-refractivity contribution < 1.29 is 4.79 Å². The number of carbonyl (C=O) groups excluding carboxylic acids is 1. The van der Waals surface area contributed by atoms with Crippen LogP contribution in [-0.4, -0.2) is 50.0 Å². The topological polar surface area (TPSA) is 88.0 Å². The van der Waals surface area contributed by atoms with E-state index in [1.165, 1.54) is 11.3 Å². The van der Waals surface area contributed by atoms with Gasteiger partial charge in [-0.1, -0.05) is 6.07 Å². The summed E-state index contributed by atoms with van der Waals surface area (Å²) in [6.45, 7) is 2.06. The molecule has 0 spiro atoms. The van der Waals surface area contributed by atoms with Crippen molar-refractivity contribution in [1.29, 1.82) is 0 Å². The number of aromatic nitrogens is 4. The van der Waals surface area contributed by atoms with Crippen molar-refractivity contribution in [3.05, 3.63) is 53.7 Å². The summed E-state index contributed by atoms with van der Waals surface area (Å²) in [6, 6.07) is 5.50. The zero-order valence-corrected chi connectivity index (χ0v) is 17.6. The maximum Gasteiger partial charge on any atom is 0.274 e. The number of amides is 1. The molecule has 0 saturated carbocycles. The lowest BCUT2D eigenvalue weighted by Gasteiger charge is -2.35. The quantitative estimate of drug-likeness (QED) is 0.646. The first kappa shape index (κ1) is 22.1. The van der Waals surface area contributed by atoms with Crippen molar-refractivity contribution in [2.75, 3.05) is 25.0 Å². The van der Waals surface area contributed by atoms with Crippen LogP contribution < -0.4 is 10.6 Å². The minimum absolute atomic E-state index is 0. The summed E-state index contributed by atoms with van der Waals surface area (Å²) < 4.78 is 1.95. The summed E-state index contributed by atoms with van der Waals surface area (Å²) in [5.41, 5.74) is 0.439. The SMILES string of the molecule is Cl.Cl.Cn1ccnc1C1CNCCN1C(=O)c1csc(Nc2ccccn2)n1. The summed E-state index contributed by atoms with van der Waals surface area (Å²) in [4.78, 5) is 28.0. The molecule has 1 aliphatic heterocycles. The maximum absolute atomic E-state index is 13.0. The normalized spacial score (nSPS) is 16.0. The molecule has 4 heterocycles. The van der Waals surface area contributed by atoms with Crippen molar-refractivity contribution in [2.45, 2.75) is 6.04 Å². The number of aryl methyl sites for hydroxylation is 1. The van der Waals surface area contributed by atoms with Crippen molar-refractivity contribution >= 4 is 53.0 Å². The molecule has 150 valence electrons. The van der Waals surface area contributed by atoms with Crippen LogP contribution in [0.2, 0.25) is 0 Å². The van der Waals surface area contributed by atoms with E-state index in [4.69, 9.17) is 0 Å². The molecule has 1 amide bonds. The lowest BCUT2D eigenvalue weighted by Crippen LogP contribution is -2.49. The van der Waals surface area contributed by atoms with Gasteiger partial charge in [-0.15, -0.1) is 36.2 Å². The molecule has 0 aliphatic carbocycles. The van der Waals surface area contributed by atoms with Crippen LogP contribution in [0.3, 0.4) is 0 Å². The number of rotatable bonds is 4. The number of nitrogens with zero attached hydrogens (tertiary/aromatic N) is 5. The highest BCUT2D eigenvalue weighted by atomic mass is 35.5. The van der Waals surface area contributed by atoms with Crippen LogP contribution in [0.25, 0.3) is 0 Å². The number of nitrogens with one attached hydrogen (secondary N) is 2. The van der Waals surface area contributed by atoms with Crippen molar-refractivity contribution in [1.82, 2.24) is 29.7 Å². The average Bonchev–Trinajstić information content (AvgIpc) is 3.31. The van der Waals surface area contributed by atoms with E-state index in [9.17, 15) is 4.79 Å². The highest BCUT2D eigenvalue weighted by molar-refractivity contribution is 7.14. The van der Waals surface area contributed by atoms with Gasteiger partial charge in [-0.05, 0) is 12.1 Å². The lowest BCUT2D eigenvalue weighted by molar-refractivity contribution is 0.0615. The Morgan fingerprint density at radius 2 is 2.14 bits per heavy atom. The summed E-state index contributed by atoms with van der Waals surface area (Å²) in [6.07, 6.45) is 5.36.